The highest BCUT2D eigenvalue weighted by Gasteiger charge is 2.26. The zero-order valence-electron chi connectivity index (χ0n) is 40.2. The Kier molecular flexibility index (Phi) is 8.63. The second-order valence-corrected chi connectivity index (χ2v) is 19.7. The van der Waals surface area contributed by atoms with E-state index in [1.54, 1.807) is 0 Å². The molecule has 0 atom stereocenters. The van der Waals surface area contributed by atoms with E-state index >= 15 is 0 Å². The lowest BCUT2D eigenvalue weighted by molar-refractivity contribution is 0.667. The largest absolute Gasteiger partial charge is 0.456 e. The van der Waals surface area contributed by atoms with Crippen molar-refractivity contribution in [3.05, 3.63) is 247 Å². The van der Waals surface area contributed by atoms with Crippen LogP contribution in [0, 0.1) is 0 Å². The Hall–Kier alpha value is -9.78. The summed E-state index contributed by atoms with van der Waals surface area (Å²) in [6, 6.07) is 80.3. The first-order valence-corrected chi connectivity index (χ1v) is 25.3. The fourth-order valence-corrected chi connectivity index (χ4v) is 12.0. The second-order valence-electron chi connectivity index (χ2n) is 19.7. The molecule has 1 aliphatic heterocycles. The molecular weight excluding hydrogens is 905 g/mol. The summed E-state index contributed by atoms with van der Waals surface area (Å²) in [5, 5.41) is 13.7. The molecule has 6 heteroatoms. The number of fused-ring (bicyclic) bond motifs is 14. The predicted octanol–water partition coefficient (Wildman–Crippen LogP) is 18.1. The van der Waals surface area contributed by atoms with Crippen LogP contribution in [0.2, 0.25) is 0 Å². The Morgan fingerprint density at radius 2 is 0.986 bits per heavy atom. The molecule has 346 valence electrons. The van der Waals surface area contributed by atoms with Crippen molar-refractivity contribution in [1.29, 1.82) is 0 Å². The average Bonchev–Trinajstić information content (AvgIpc) is 4.17. The average molecular weight is 947 g/mol. The normalized spacial score (nSPS) is 13.5. The lowest BCUT2D eigenvalue weighted by Gasteiger charge is -2.14. The molecule has 74 heavy (non-hydrogen) atoms. The Labute approximate surface area is 423 Å². The minimum absolute atomic E-state index is 0.561. The summed E-state index contributed by atoms with van der Waals surface area (Å²) in [5.74, 6) is 0.606. The van der Waals surface area contributed by atoms with E-state index in [0.29, 0.717) is 12.3 Å². The third kappa shape index (κ3) is 6.06. The van der Waals surface area contributed by atoms with Gasteiger partial charge in [-0.2, -0.15) is 0 Å². The SMILES string of the molecule is CC1=C(c2ccc(-n3c4ccccc4c4cc5ccccc5cc43)c3c2oc2cc4ccccc4cc23)N=C(c2ccc3c(c2)oc2ccccc23)N=C(c2ccc3c(c2)c2ccccc2n3-c2ccccc2)C1. The quantitative estimate of drug-likeness (QED) is 0.173. The molecule has 0 amide bonds. The zero-order chi connectivity index (χ0) is 48.6. The van der Waals surface area contributed by atoms with Gasteiger partial charge in [0, 0.05) is 60.9 Å². The maximum atomic E-state index is 7.27. The molecule has 1 aliphatic rings. The van der Waals surface area contributed by atoms with Crippen LogP contribution in [0.3, 0.4) is 0 Å². The fraction of sp³-hybridized carbons (Fsp3) is 0.0294. The van der Waals surface area contributed by atoms with Crippen LogP contribution in [0.25, 0.3) is 126 Å². The van der Waals surface area contributed by atoms with E-state index in [2.05, 4.69) is 228 Å². The first kappa shape index (κ1) is 40.9. The molecule has 0 fully saturated rings. The standard InChI is InChI=1S/C68H42N4O2/c1-40-33-56(45-28-31-59-53(36-45)48-21-9-12-24-57(48)71(59)47-19-3-2-4-20-47)69-68(46-27-29-51-50-23-11-14-26-62(50)73-63(51)39-46)70-66(40)52-30-32-60(65-55-35-42-16-6-8-18-44(42)38-64(55)74-67(52)65)72-58-25-13-10-22-49(58)54-34-41-15-5-7-17-43(41)37-61(54)72/h2-32,34-39H,33H2,1H3. The van der Waals surface area contributed by atoms with Crippen molar-refractivity contribution in [2.45, 2.75) is 13.3 Å². The van der Waals surface area contributed by atoms with Gasteiger partial charge < -0.3 is 18.0 Å². The Bertz CT molecular complexity index is 5000. The van der Waals surface area contributed by atoms with E-state index in [4.69, 9.17) is 18.8 Å². The van der Waals surface area contributed by atoms with Crippen molar-refractivity contribution in [3.63, 3.8) is 0 Å². The number of benzene rings is 11. The highest BCUT2D eigenvalue weighted by Crippen LogP contribution is 2.45. The number of nitrogens with zero attached hydrogens (tertiary/aromatic N) is 4. The fourth-order valence-electron chi connectivity index (χ4n) is 12.0. The molecule has 15 aromatic rings. The molecule has 11 aromatic carbocycles. The van der Waals surface area contributed by atoms with Gasteiger partial charge in [-0.15, -0.1) is 0 Å². The molecule has 0 aliphatic carbocycles. The number of hydrogen-bond donors (Lipinski definition) is 0. The van der Waals surface area contributed by atoms with Crippen molar-refractivity contribution in [1.82, 2.24) is 9.13 Å². The van der Waals surface area contributed by atoms with E-state index in [9.17, 15) is 0 Å². The van der Waals surface area contributed by atoms with E-state index < -0.39 is 0 Å². The lowest BCUT2D eigenvalue weighted by Crippen LogP contribution is -2.06. The highest BCUT2D eigenvalue weighted by atomic mass is 16.3. The van der Waals surface area contributed by atoms with Crippen molar-refractivity contribution in [3.8, 4) is 11.4 Å². The first-order valence-electron chi connectivity index (χ1n) is 25.3. The van der Waals surface area contributed by atoms with Crippen LogP contribution in [0.15, 0.2) is 249 Å². The zero-order valence-corrected chi connectivity index (χ0v) is 40.2. The van der Waals surface area contributed by atoms with Crippen LogP contribution in [0.4, 0.5) is 0 Å². The van der Waals surface area contributed by atoms with E-state index in [0.717, 1.165) is 122 Å². The van der Waals surface area contributed by atoms with Crippen LogP contribution in [0.5, 0.6) is 0 Å². The molecular formula is C68H42N4O2. The van der Waals surface area contributed by atoms with Crippen LogP contribution in [-0.4, -0.2) is 20.7 Å². The van der Waals surface area contributed by atoms with Gasteiger partial charge in [0.2, 0.25) is 0 Å². The lowest BCUT2D eigenvalue weighted by atomic mass is 9.96. The minimum Gasteiger partial charge on any atom is -0.456 e. The third-order valence-electron chi connectivity index (χ3n) is 15.5. The summed E-state index contributed by atoms with van der Waals surface area (Å²) < 4.78 is 18.6. The van der Waals surface area contributed by atoms with E-state index in [1.807, 2.05) is 12.1 Å². The van der Waals surface area contributed by atoms with Gasteiger partial charge in [-0.25, -0.2) is 9.98 Å². The number of allylic oxidation sites excluding steroid dienone is 1. The van der Waals surface area contributed by atoms with Gasteiger partial charge in [0.25, 0.3) is 0 Å². The summed E-state index contributed by atoms with van der Waals surface area (Å²) in [6.07, 6.45) is 0.561. The Balaban J connectivity index is 0.950. The molecule has 5 heterocycles. The molecule has 0 spiro atoms. The van der Waals surface area contributed by atoms with Gasteiger partial charge in [0.05, 0.1) is 44.5 Å². The number of rotatable bonds is 5. The van der Waals surface area contributed by atoms with Crippen LogP contribution in [-0.2, 0) is 0 Å². The molecule has 6 nitrogen and oxygen atoms in total. The van der Waals surface area contributed by atoms with Gasteiger partial charge in [0.1, 0.15) is 22.3 Å². The second kappa shape index (κ2) is 15.6. The van der Waals surface area contributed by atoms with E-state index in [-0.39, 0.29) is 0 Å². The van der Waals surface area contributed by atoms with Crippen molar-refractivity contribution >= 4 is 126 Å². The van der Waals surface area contributed by atoms with Gasteiger partial charge >= 0.3 is 0 Å². The Morgan fingerprint density at radius 1 is 0.392 bits per heavy atom. The van der Waals surface area contributed by atoms with Crippen LogP contribution >= 0.6 is 0 Å². The molecule has 0 unspecified atom stereocenters. The topological polar surface area (TPSA) is 60.9 Å². The molecule has 0 bridgehead atoms. The summed E-state index contributed by atoms with van der Waals surface area (Å²) in [7, 11) is 0. The molecule has 0 saturated heterocycles. The van der Waals surface area contributed by atoms with Crippen molar-refractivity contribution in [2.24, 2.45) is 9.98 Å². The van der Waals surface area contributed by atoms with Crippen LogP contribution in [0.1, 0.15) is 30.0 Å². The van der Waals surface area contributed by atoms with Gasteiger partial charge in [-0.1, -0.05) is 133 Å². The highest BCUT2D eigenvalue weighted by molar-refractivity contribution is 6.22. The molecule has 0 radical (unpaired) electrons. The predicted molar refractivity (Wildman–Crippen MR) is 308 cm³/mol. The summed E-state index contributed by atoms with van der Waals surface area (Å²) >= 11 is 0. The van der Waals surface area contributed by atoms with Gasteiger partial charge in [-0.05, 0) is 131 Å². The minimum atomic E-state index is 0.561. The number of hydrogen-bond acceptors (Lipinski definition) is 4. The first-order chi connectivity index (χ1) is 36.6. The van der Waals surface area contributed by atoms with Crippen LogP contribution < -0.4 is 0 Å². The number of furan rings is 2. The van der Waals surface area contributed by atoms with Crippen molar-refractivity contribution < 1.29 is 8.83 Å². The maximum absolute atomic E-state index is 7.27. The number of aromatic nitrogens is 2. The van der Waals surface area contributed by atoms with Gasteiger partial charge in [-0.3, -0.25) is 0 Å². The monoisotopic (exact) mass is 946 g/mol. The molecule has 16 rings (SSSR count). The number of amidine groups is 1. The van der Waals surface area contributed by atoms with Gasteiger partial charge in [0.15, 0.2) is 5.84 Å². The maximum Gasteiger partial charge on any atom is 0.160 e. The summed E-state index contributed by atoms with van der Waals surface area (Å²) in [5.41, 5.74) is 15.7. The molecule has 0 saturated carbocycles. The molecule has 0 N–H and O–H groups in total. The molecule has 4 aromatic heterocycles. The summed E-state index contributed by atoms with van der Waals surface area (Å²) in [4.78, 5) is 11.3. The number of aliphatic imine (C=N–C) groups is 2. The van der Waals surface area contributed by atoms with E-state index in [1.165, 1.54) is 32.3 Å². The summed E-state index contributed by atoms with van der Waals surface area (Å²) in [6.45, 7) is 2.20. The smallest absolute Gasteiger partial charge is 0.160 e. The number of para-hydroxylation sites is 4. The van der Waals surface area contributed by atoms with Crippen molar-refractivity contribution in [2.75, 3.05) is 0 Å². The third-order valence-corrected chi connectivity index (χ3v) is 15.5. The Morgan fingerprint density at radius 3 is 1.77 bits per heavy atom.